The van der Waals surface area contributed by atoms with E-state index in [0.717, 1.165) is 11.4 Å². The van der Waals surface area contributed by atoms with Crippen molar-refractivity contribution in [3.8, 4) is 0 Å². The third-order valence-electron chi connectivity index (χ3n) is 2.73. The fourth-order valence-electron chi connectivity index (χ4n) is 1.77. The van der Waals surface area contributed by atoms with Gasteiger partial charge < -0.3 is 4.90 Å². The van der Waals surface area contributed by atoms with E-state index in [9.17, 15) is 0 Å². The van der Waals surface area contributed by atoms with Crippen LogP contribution in [0.15, 0.2) is 0 Å². The van der Waals surface area contributed by atoms with Crippen molar-refractivity contribution in [2.24, 2.45) is 0 Å². The molecule has 0 radical (unpaired) electrons. The molecule has 1 aliphatic heterocycles. The highest BCUT2D eigenvalue weighted by Gasteiger charge is 2.21. The number of nitrogens with zero attached hydrogens (tertiary/aromatic N) is 2. The molecule has 1 saturated heterocycles. The Morgan fingerprint density at radius 2 is 2.17 bits per heavy atom. The quantitative estimate of drug-likeness (QED) is 0.682. The summed E-state index contributed by atoms with van der Waals surface area (Å²) in [6.07, 6.45) is 1.27. The maximum absolute atomic E-state index is 3.49. The molecule has 1 heterocycles. The number of hydrogen-bond acceptors (Lipinski definition) is 2. The summed E-state index contributed by atoms with van der Waals surface area (Å²) < 4.78 is 0. The lowest BCUT2D eigenvalue weighted by molar-refractivity contribution is 0.0983. The second kappa shape index (κ2) is 5.20. The zero-order chi connectivity index (χ0) is 8.97. The van der Waals surface area contributed by atoms with Gasteiger partial charge in [0.1, 0.15) is 0 Å². The van der Waals surface area contributed by atoms with E-state index >= 15 is 0 Å². The van der Waals surface area contributed by atoms with Crippen LogP contribution in [-0.2, 0) is 0 Å². The van der Waals surface area contributed by atoms with Crippen molar-refractivity contribution in [2.45, 2.75) is 19.4 Å². The van der Waals surface area contributed by atoms with Crippen molar-refractivity contribution in [3.63, 3.8) is 0 Å². The summed E-state index contributed by atoms with van der Waals surface area (Å²) in [5, 5.41) is 1.10. The molecule has 0 saturated carbocycles. The van der Waals surface area contributed by atoms with Gasteiger partial charge in [0, 0.05) is 37.6 Å². The minimum absolute atomic E-state index is 0.776. The van der Waals surface area contributed by atoms with Crippen molar-refractivity contribution in [3.05, 3.63) is 0 Å². The van der Waals surface area contributed by atoms with Crippen LogP contribution in [0.5, 0.6) is 0 Å². The minimum atomic E-state index is 0.776. The lowest BCUT2D eigenvalue weighted by Gasteiger charge is -2.38. The molecule has 1 rings (SSSR count). The average Bonchev–Trinajstić information content (AvgIpc) is 2.09. The van der Waals surface area contributed by atoms with Crippen molar-refractivity contribution >= 4 is 15.9 Å². The van der Waals surface area contributed by atoms with Crippen LogP contribution >= 0.6 is 15.9 Å². The van der Waals surface area contributed by atoms with Crippen LogP contribution in [-0.4, -0.2) is 54.4 Å². The molecule has 0 aliphatic carbocycles. The van der Waals surface area contributed by atoms with Crippen molar-refractivity contribution in [2.75, 3.05) is 38.6 Å². The first-order chi connectivity index (χ1) is 5.77. The summed E-state index contributed by atoms with van der Waals surface area (Å²) in [6, 6.07) is 0.776. The molecule has 0 aromatic carbocycles. The van der Waals surface area contributed by atoms with E-state index in [2.05, 4.69) is 39.7 Å². The van der Waals surface area contributed by atoms with Gasteiger partial charge in [-0.05, 0) is 13.5 Å². The number of halogens is 1. The van der Waals surface area contributed by atoms with Crippen LogP contribution in [0.3, 0.4) is 0 Å². The average molecular weight is 235 g/mol. The Kier molecular flexibility index (Phi) is 4.54. The SMILES string of the molecule is CCC1CN(CCBr)CCN1C. The van der Waals surface area contributed by atoms with Gasteiger partial charge in [0.15, 0.2) is 0 Å². The van der Waals surface area contributed by atoms with E-state index in [1.165, 1.54) is 32.6 Å². The molecule has 0 amide bonds. The summed E-state index contributed by atoms with van der Waals surface area (Å²) in [5.41, 5.74) is 0. The van der Waals surface area contributed by atoms with E-state index < -0.39 is 0 Å². The molecular formula is C9H19BrN2. The van der Waals surface area contributed by atoms with Crippen molar-refractivity contribution in [1.29, 1.82) is 0 Å². The zero-order valence-electron chi connectivity index (χ0n) is 8.09. The van der Waals surface area contributed by atoms with Crippen molar-refractivity contribution in [1.82, 2.24) is 9.80 Å². The second-order valence-electron chi connectivity index (χ2n) is 3.53. The lowest BCUT2D eigenvalue weighted by atomic mass is 10.1. The summed E-state index contributed by atoms with van der Waals surface area (Å²) in [7, 11) is 2.24. The van der Waals surface area contributed by atoms with Gasteiger partial charge in [0.05, 0.1) is 0 Å². The summed E-state index contributed by atoms with van der Waals surface area (Å²) in [4.78, 5) is 5.02. The minimum Gasteiger partial charge on any atom is -0.301 e. The summed E-state index contributed by atoms with van der Waals surface area (Å²) in [5.74, 6) is 0. The summed E-state index contributed by atoms with van der Waals surface area (Å²) >= 11 is 3.49. The van der Waals surface area contributed by atoms with Crippen LogP contribution < -0.4 is 0 Å². The molecule has 1 aliphatic rings. The summed E-state index contributed by atoms with van der Waals surface area (Å²) in [6.45, 7) is 7.19. The van der Waals surface area contributed by atoms with E-state index in [1.54, 1.807) is 0 Å². The topological polar surface area (TPSA) is 6.48 Å². The molecule has 0 aromatic rings. The first kappa shape index (κ1) is 10.5. The van der Waals surface area contributed by atoms with Crippen LogP contribution in [0, 0.1) is 0 Å². The van der Waals surface area contributed by atoms with Gasteiger partial charge >= 0.3 is 0 Å². The lowest BCUT2D eigenvalue weighted by Crippen LogP contribution is -2.51. The highest BCUT2D eigenvalue weighted by atomic mass is 79.9. The van der Waals surface area contributed by atoms with Crippen molar-refractivity contribution < 1.29 is 0 Å². The predicted molar refractivity (Wildman–Crippen MR) is 56.9 cm³/mol. The van der Waals surface area contributed by atoms with E-state index in [1.807, 2.05) is 0 Å². The molecule has 1 atom stereocenters. The number of likely N-dealkylation sites (N-methyl/N-ethyl adjacent to an activating group) is 1. The highest BCUT2D eigenvalue weighted by Crippen LogP contribution is 2.10. The number of hydrogen-bond donors (Lipinski definition) is 0. The Bertz CT molecular complexity index is 130. The Morgan fingerprint density at radius 1 is 1.42 bits per heavy atom. The van der Waals surface area contributed by atoms with Gasteiger partial charge in [-0.3, -0.25) is 4.90 Å². The Hall–Kier alpha value is 0.400. The first-order valence-electron chi connectivity index (χ1n) is 4.76. The van der Waals surface area contributed by atoms with E-state index in [0.29, 0.717) is 0 Å². The van der Waals surface area contributed by atoms with Crippen LogP contribution in [0.4, 0.5) is 0 Å². The van der Waals surface area contributed by atoms with Gasteiger partial charge in [-0.2, -0.15) is 0 Å². The predicted octanol–water partition coefficient (Wildman–Crippen LogP) is 1.41. The Morgan fingerprint density at radius 3 is 2.75 bits per heavy atom. The first-order valence-corrected chi connectivity index (χ1v) is 5.88. The maximum Gasteiger partial charge on any atom is 0.0218 e. The van der Waals surface area contributed by atoms with Crippen LogP contribution in [0.2, 0.25) is 0 Å². The van der Waals surface area contributed by atoms with Gasteiger partial charge in [0.2, 0.25) is 0 Å². The largest absolute Gasteiger partial charge is 0.301 e. The molecule has 1 fully saturated rings. The second-order valence-corrected chi connectivity index (χ2v) is 4.33. The molecule has 1 unspecified atom stereocenters. The molecule has 3 heteroatoms. The smallest absolute Gasteiger partial charge is 0.0218 e. The van der Waals surface area contributed by atoms with Crippen LogP contribution in [0.1, 0.15) is 13.3 Å². The molecule has 0 spiro atoms. The molecule has 12 heavy (non-hydrogen) atoms. The standard InChI is InChI=1S/C9H19BrN2/c1-3-9-8-12(5-4-10)7-6-11(9)2/h9H,3-8H2,1-2H3. The van der Waals surface area contributed by atoms with Gasteiger partial charge in [-0.1, -0.05) is 22.9 Å². The molecule has 0 aromatic heterocycles. The molecule has 0 bridgehead atoms. The third-order valence-corrected chi connectivity index (χ3v) is 3.09. The van der Waals surface area contributed by atoms with Crippen LogP contribution in [0.25, 0.3) is 0 Å². The third kappa shape index (κ3) is 2.71. The number of rotatable bonds is 3. The monoisotopic (exact) mass is 234 g/mol. The normalized spacial score (nSPS) is 27.8. The van der Waals surface area contributed by atoms with E-state index in [4.69, 9.17) is 0 Å². The maximum atomic E-state index is 3.49. The fraction of sp³-hybridized carbons (Fsp3) is 1.00. The fourth-order valence-corrected chi connectivity index (χ4v) is 2.28. The Labute approximate surface area is 84.0 Å². The molecule has 2 nitrogen and oxygen atoms in total. The van der Waals surface area contributed by atoms with E-state index in [-0.39, 0.29) is 0 Å². The molecular weight excluding hydrogens is 216 g/mol. The van der Waals surface area contributed by atoms with Gasteiger partial charge in [-0.15, -0.1) is 0 Å². The van der Waals surface area contributed by atoms with Gasteiger partial charge in [0.25, 0.3) is 0 Å². The van der Waals surface area contributed by atoms with Gasteiger partial charge in [-0.25, -0.2) is 0 Å². The highest BCUT2D eigenvalue weighted by molar-refractivity contribution is 9.09. The number of piperazine rings is 1. The molecule has 0 N–H and O–H groups in total. The molecule has 72 valence electrons. The Balaban J connectivity index is 2.33. The number of alkyl halides is 1. The zero-order valence-corrected chi connectivity index (χ0v) is 9.68.